The summed E-state index contributed by atoms with van der Waals surface area (Å²) in [6, 6.07) is 14.2. The third-order valence-electron chi connectivity index (χ3n) is 7.09. The van der Waals surface area contributed by atoms with Crippen LogP contribution in [0.2, 0.25) is 0 Å². The molecule has 2 aromatic heterocycles. The lowest BCUT2D eigenvalue weighted by molar-refractivity contribution is -0.0393. The van der Waals surface area contributed by atoms with E-state index in [1.165, 1.54) is 42.6 Å². The standard InChI is InChI=1S/C30H25F2N3O5S/c1-19-5-8-21(9-6-19)41(37,38)35-14-11-22-24(18-36)30(26(32)17-28(22)35)40-20-7-10-25(31)23(16-20)27-12-13-34(33-27)29-4-2-3-15-39-29/h5-14,16-18,29H,2-4,15H2,1H3. The molecule has 41 heavy (non-hydrogen) atoms. The lowest BCUT2D eigenvalue weighted by atomic mass is 10.1. The van der Waals surface area contributed by atoms with E-state index < -0.39 is 27.4 Å². The Labute approximate surface area is 234 Å². The van der Waals surface area contributed by atoms with E-state index in [-0.39, 0.29) is 38.9 Å². The Balaban J connectivity index is 1.36. The van der Waals surface area contributed by atoms with Gasteiger partial charge in [0.25, 0.3) is 10.0 Å². The van der Waals surface area contributed by atoms with Crippen molar-refractivity contribution in [3.63, 3.8) is 0 Å². The monoisotopic (exact) mass is 577 g/mol. The Morgan fingerprint density at radius 2 is 1.80 bits per heavy atom. The van der Waals surface area contributed by atoms with Crippen LogP contribution in [0.5, 0.6) is 11.5 Å². The molecule has 11 heteroatoms. The van der Waals surface area contributed by atoms with E-state index in [9.17, 15) is 17.6 Å². The van der Waals surface area contributed by atoms with Crippen molar-refractivity contribution in [1.29, 1.82) is 0 Å². The van der Waals surface area contributed by atoms with E-state index in [1.807, 2.05) is 6.92 Å². The summed E-state index contributed by atoms with van der Waals surface area (Å²) in [5.74, 6) is -1.85. The molecule has 0 saturated carbocycles. The molecule has 1 atom stereocenters. The van der Waals surface area contributed by atoms with Crippen molar-refractivity contribution in [3.05, 3.63) is 95.8 Å². The highest BCUT2D eigenvalue weighted by atomic mass is 32.2. The van der Waals surface area contributed by atoms with Crippen molar-refractivity contribution in [2.75, 3.05) is 6.61 Å². The summed E-state index contributed by atoms with van der Waals surface area (Å²) in [7, 11) is -4.07. The Kier molecular flexibility index (Phi) is 6.92. The van der Waals surface area contributed by atoms with Crippen LogP contribution in [-0.4, -0.2) is 35.1 Å². The molecular formula is C30H25F2N3O5S. The summed E-state index contributed by atoms with van der Waals surface area (Å²) < 4.78 is 71.0. The van der Waals surface area contributed by atoms with Crippen molar-refractivity contribution in [2.24, 2.45) is 0 Å². The topological polar surface area (TPSA) is 92.4 Å². The van der Waals surface area contributed by atoms with E-state index >= 15 is 4.39 Å². The second-order valence-electron chi connectivity index (χ2n) is 9.83. The van der Waals surface area contributed by atoms with Gasteiger partial charge >= 0.3 is 0 Å². The number of hydrogen-bond acceptors (Lipinski definition) is 6. The van der Waals surface area contributed by atoms with Crippen LogP contribution >= 0.6 is 0 Å². The van der Waals surface area contributed by atoms with Crippen LogP contribution in [0.15, 0.2) is 78.0 Å². The number of carbonyl (C=O) groups is 1. The highest BCUT2D eigenvalue weighted by Crippen LogP contribution is 2.37. The summed E-state index contributed by atoms with van der Waals surface area (Å²) in [4.78, 5) is 12.2. The SMILES string of the molecule is Cc1ccc(S(=O)(=O)n2ccc3c(C=O)c(Oc4ccc(F)c(-c5ccn(C6CCCCO6)n5)c4)c(F)cc32)cc1. The molecule has 0 spiro atoms. The Hall–Kier alpha value is -4.35. The molecule has 1 saturated heterocycles. The summed E-state index contributed by atoms with van der Waals surface area (Å²) in [5, 5.41) is 4.65. The summed E-state index contributed by atoms with van der Waals surface area (Å²) in [5.41, 5.74) is 1.15. The van der Waals surface area contributed by atoms with Gasteiger partial charge in [0.2, 0.25) is 0 Å². The molecule has 0 aliphatic carbocycles. The molecule has 1 unspecified atom stereocenters. The van der Waals surface area contributed by atoms with Crippen LogP contribution in [0.1, 0.15) is 41.4 Å². The fourth-order valence-electron chi connectivity index (χ4n) is 4.94. The van der Waals surface area contributed by atoms with Gasteiger partial charge in [0.15, 0.2) is 17.9 Å². The molecule has 6 rings (SSSR count). The Morgan fingerprint density at radius 3 is 2.54 bits per heavy atom. The van der Waals surface area contributed by atoms with Gasteiger partial charge in [-0.1, -0.05) is 17.7 Å². The third kappa shape index (κ3) is 4.91. The number of benzene rings is 3. The van der Waals surface area contributed by atoms with E-state index in [0.29, 0.717) is 18.6 Å². The number of carbonyl (C=O) groups excluding carboxylic acids is 1. The van der Waals surface area contributed by atoms with Gasteiger partial charge in [-0.25, -0.2) is 25.9 Å². The van der Waals surface area contributed by atoms with Gasteiger partial charge in [0.05, 0.1) is 21.7 Å². The average Bonchev–Trinajstić information content (AvgIpc) is 3.63. The largest absolute Gasteiger partial charge is 0.453 e. The molecule has 0 N–H and O–H groups in total. The molecule has 1 aliphatic rings. The van der Waals surface area contributed by atoms with Gasteiger partial charge in [0, 0.05) is 36.0 Å². The maximum atomic E-state index is 15.5. The van der Waals surface area contributed by atoms with Gasteiger partial charge in [0.1, 0.15) is 17.8 Å². The van der Waals surface area contributed by atoms with Crippen molar-refractivity contribution in [3.8, 4) is 22.8 Å². The Morgan fingerprint density at radius 1 is 1.00 bits per heavy atom. The van der Waals surface area contributed by atoms with Crippen molar-refractivity contribution in [1.82, 2.24) is 13.8 Å². The molecule has 8 nitrogen and oxygen atoms in total. The van der Waals surface area contributed by atoms with E-state index in [1.54, 1.807) is 29.1 Å². The first-order chi connectivity index (χ1) is 19.8. The van der Waals surface area contributed by atoms with Crippen LogP contribution in [0, 0.1) is 18.6 Å². The highest BCUT2D eigenvalue weighted by molar-refractivity contribution is 7.90. The van der Waals surface area contributed by atoms with Crippen molar-refractivity contribution >= 4 is 27.2 Å². The second-order valence-corrected chi connectivity index (χ2v) is 11.6. The number of halogens is 2. The van der Waals surface area contributed by atoms with E-state index in [0.717, 1.165) is 34.9 Å². The predicted octanol–water partition coefficient (Wildman–Crippen LogP) is 6.63. The summed E-state index contributed by atoms with van der Waals surface area (Å²) >= 11 is 0. The smallest absolute Gasteiger partial charge is 0.268 e. The van der Waals surface area contributed by atoms with E-state index in [4.69, 9.17) is 9.47 Å². The van der Waals surface area contributed by atoms with Gasteiger partial charge in [-0.05, 0) is 68.7 Å². The molecule has 210 valence electrons. The molecule has 0 bridgehead atoms. The molecular weight excluding hydrogens is 552 g/mol. The lowest BCUT2D eigenvalue weighted by Gasteiger charge is -2.22. The molecule has 0 amide bonds. The number of aromatic nitrogens is 3. The van der Waals surface area contributed by atoms with Crippen LogP contribution in [0.3, 0.4) is 0 Å². The summed E-state index contributed by atoms with van der Waals surface area (Å²) in [6.07, 6.45) is 5.95. The van der Waals surface area contributed by atoms with E-state index in [2.05, 4.69) is 5.10 Å². The first-order valence-electron chi connectivity index (χ1n) is 13.0. The van der Waals surface area contributed by atoms with Crippen LogP contribution in [0.25, 0.3) is 22.2 Å². The van der Waals surface area contributed by atoms with Gasteiger partial charge < -0.3 is 9.47 Å². The molecule has 5 aromatic rings. The normalized spacial score (nSPS) is 15.7. The highest BCUT2D eigenvalue weighted by Gasteiger charge is 2.24. The quantitative estimate of drug-likeness (QED) is 0.202. The maximum absolute atomic E-state index is 15.5. The minimum Gasteiger partial charge on any atom is -0.453 e. The van der Waals surface area contributed by atoms with Gasteiger partial charge in [-0.2, -0.15) is 5.10 Å². The zero-order chi connectivity index (χ0) is 28.7. The number of rotatable bonds is 7. The molecule has 1 aliphatic heterocycles. The second kappa shape index (κ2) is 10.6. The third-order valence-corrected chi connectivity index (χ3v) is 8.80. The number of ether oxygens (including phenoxy) is 2. The van der Waals surface area contributed by atoms with Crippen LogP contribution in [0.4, 0.5) is 8.78 Å². The zero-order valence-electron chi connectivity index (χ0n) is 22.0. The molecule has 0 radical (unpaired) electrons. The van der Waals surface area contributed by atoms with Gasteiger partial charge in [-0.3, -0.25) is 4.79 Å². The minimum absolute atomic E-state index is 0.0188. The first kappa shape index (κ1) is 26.9. The van der Waals surface area contributed by atoms with Gasteiger partial charge in [-0.15, -0.1) is 0 Å². The fourth-order valence-corrected chi connectivity index (χ4v) is 6.28. The lowest BCUT2D eigenvalue weighted by Crippen LogP contribution is -2.18. The van der Waals surface area contributed by atoms with Crippen LogP contribution in [-0.2, 0) is 14.8 Å². The minimum atomic E-state index is -4.07. The number of fused-ring (bicyclic) bond motifs is 1. The van der Waals surface area contributed by atoms with Crippen LogP contribution < -0.4 is 4.74 Å². The number of aryl methyl sites for hydroxylation is 1. The number of hydrogen-bond donors (Lipinski definition) is 0. The van der Waals surface area contributed by atoms with Crippen molar-refractivity contribution < 1.29 is 31.5 Å². The predicted molar refractivity (Wildman–Crippen MR) is 148 cm³/mol. The first-order valence-corrected chi connectivity index (χ1v) is 14.5. The average molecular weight is 578 g/mol. The number of aldehydes is 1. The molecule has 3 aromatic carbocycles. The Bertz CT molecular complexity index is 1870. The molecule has 3 heterocycles. The summed E-state index contributed by atoms with van der Waals surface area (Å²) in [6.45, 7) is 2.46. The maximum Gasteiger partial charge on any atom is 0.268 e. The molecule has 1 fully saturated rings. The number of nitrogens with zero attached hydrogens (tertiary/aromatic N) is 3. The van der Waals surface area contributed by atoms with Crippen molar-refractivity contribution in [2.45, 2.75) is 37.3 Å². The fraction of sp³-hybridized carbons (Fsp3) is 0.200. The zero-order valence-corrected chi connectivity index (χ0v) is 22.8.